The molecule has 0 unspecified atom stereocenters. The third-order valence-corrected chi connectivity index (χ3v) is 23.7. The Hall–Kier alpha value is -14.8. The number of halogens is 10. The normalized spacial score (nSPS) is 12.5. The molecule has 0 aliphatic carbocycles. The van der Waals surface area contributed by atoms with Crippen LogP contribution < -0.4 is 14.9 Å². The number of aromatic nitrogens is 8. The molecule has 0 spiro atoms. The summed E-state index contributed by atoms with van der Waals surface area (Å²) in [4.78, 5) is 67.7. The quantitative estimate of drug-likeness (QED) is 0.0342. The van der Waals surface area contributed by atoms with Crippen LogP contribution >= 0.6 is 0 Å². The maximum Gasteiger partial charge on any atom is 2.00 e. The topological polar surface area (TPSA) is 152 Å². The van der Waals surface area contributed by atoms with Gasteiger partial charge in [-0.2, -0.15) is 0 Å². The molecule has 0 fully saturated rings. The molecule has 0 saturated heterocycles. The SMILES string of the molecule is Cc1cc(C)c(-c2c3nc(c(-c4c(C)cc(C)cc4C)c4ccc([n-]4)c(-c4c(C)cc(C)cc4C)c4nc(c(-c5ccc(C#Cc6ccc7c8c(cccc68)C(=O)N(c6cccc(-c8c9nc(c(-c%10c(F)c(F)c(F)c(F)c%10F)c%10ccc([nH]%10)c%10ccc([nH]%10)c(-c%10c(F)c(F)c(F)c(F)c%10F)c%10ccc8[nH]%10)C=C9)c6)C7=O)cc5)c5ccc2[n-]5)C=C4)C=C3)c(C)c1.[Zn+2]. The number of H-pyrrole nitrogens is 3. The van der Waals surface area contributed by atoms with Crippen LogP contribution in [0.1, 0.15) is 116 Å². The summed E-state index contributed by atoms with van der Waals surface area (Å²) in [5.74, 6) is -17.4. The fraction of sp³-hybridized carbons (Fsp3) is 0.0865. The summed E-state index contributed by atoms with van der Waals surface area (Å²) in [5, 5.41) is 0.820. The number of aromatic amines is 3. The van der Waals surface area contributed by atoms with E-state index in [1.54, 1.807) is 30.3 Å². The first-order chi connectivity index (χ1) is 60.1. The number of nitrogens with zero attached hydrogens (tertiary/aromatic N) is 6. The summed E-state index contributed by atoms with van der Waals surface area (Å²) in [6.45, 7) is 19.1. The number of imide groups is 1. The number of aryl methyl sites for hydroxylation is 9. The molecule has 4 aliphatic rings. The van der Waals surface area contributed by atoms with Crippen molar-refractivity contribution in [3.63, 3.8) is 0 Å². The molecule has 0 saturated carbocycles. The Morgan fingerprint density at radius 2 is 0.651 bits per heavy atom. The number of amides is 2. The molecule has 0 radical (unpaired) electrons. The third-order valence-electron chi connectivity index (χ3n) is 23.7. The van der Waals surface area contributed by atoms with Gasteiger partial charge in [-0.3, -0.25) is 9.59 Å². The van der Waals surface area contributed by atoms with Crippen LogP contribution in [-0.4, -0.2) is 41.7 Å². The Morgan fingerprint density at radius 1 is 0.302 bits per heavy atom. The number of anilines is 1. The fourth-order valence-electron chi connectivity index (χ4n) is 18.6. The molecule has 610 valence electrons. The van der Waals surface area contributed by atoms with Crippen molar-refractivity contribution >= 4 is 120 Å². The van der Waals surface area contributed by atoms with Crippen LogP contribution in [0.3, 0.4) is 0 Å². The Morgan fingerprint density at radius 3 is 1.10 bits per heavy atom. The molecule has 2 amide bonds. The van der Waals surface area contributed by atoms with Crippen molar-refractivity contribution in [2.75, 3.05) is 4.90 Å². The van der Waals surface area contributed by atoms with Gasteiger partial charge in [-0.1, -0.05) is 126 Å². The smallest absolute Gasteiger partial charge is 0.657 e. The maximum atomic E-state index is 16.3. The molecule has 11 heterocycles. The van der Waals surface area contributed by atoms with Gasteiger partial charge in [0, 0.05) is 66.4 Å². The zero-order chi connectivity index (χ0) is 86.9. The van der Waals surface area contributed by atoms with Crippen molar-refractivity contribution in [2.45, 2.75) is 62.3 Å². The molecule has 7 aromatic heterocycles. The van der Waals surface area contributed by atoms with E-state index in [4.69, 9.17) is 24.9 Å². The van der Waals surface area contributed by atoms with Gasteiger partial charge < -0.3 is 24.9 Å². The first-order valence-electron chi connectivity index (χ1n) is 40.0. The molecule has 16 bridgehead atoms. The van der Waals surface area contributed by atoms with E-state index in [1.807, 2.05) is 36.4 Å². The molecule has 4 aliphatic heterocycles. The average Bonchev–Trinajstić information content (AvgIpc) is 0.905. The van der Waals surface area contributed by atoms with E-state index in [0.29, 0.717) is 33.1 Å². The van der Waals surface area contributed by atoms with Crippen molar-refractivity contribution in [1.29, 1.82) is 0 Å². The monoisotopic (exact) mass is 1730 g/mol. The average molecular weight is 1730 g/mol. The number of hydrogen-bond donors (Lipinski definition) is 3. The minimum Gasteiger partial charge on any atom is -0.657 e. The summed E-state index contributed by atoms with van der Waals surface area (Å²) in [6, 6.07) is 51.3. The fourth-order valence-corrected chi connectivity index (χ4v) is 18.6. The van der Waals surface area contributed by atoms with Gasteiger partial charge in [0.15, 0.2) is 46.5 Å². The van der Waals surface area contributed by atoms with Crippen LogP contribution in [0.15, 0.2) is 176 Å². The molecule has 126 heavy (non-hydrogen) atoms. The number of carbonyl (C=O) groups excluding carboxylic acids is 2. The zero-order valence-electron chi connectivity index (χ0n) is 68.7. The first-order valence-corrected chi connectivity index (χ1v) is 40.0. The molecular formula is C104H65F10N9O2Zn. The van der Waals surface area contributed by atoms with E-state index in [1.165, 1.54) is 72.8 Å². The van der Waals surface area contributed by atoms with E-state index in [0.717, 1.165) is 133 Å². The van der Waals surface area contributed by atoms with E-state index >= 15 is 44.7 Å². The number of fused-ring (bicyclic) bond motifs is 17. The van der Waals surface area contributed by atoms with E-state index < -0.39 is 92.2 Å². The molecule has 11 nitrogen and oxygen atoms in total. The second-order valence-electron chi connectivity index (χ2n) is 32.0. The van der Waals surface area contributed by atoms with Crippen LogP contribution in [0, 0.1) is 132 Å². The second kappa shape index (κ2) is 30.6. The molecule has 16 aromatic rings. The minimum absolute atomic E-state index is 0. The van der Waals surface area contributed by atoms with Crippen LogP contribution in [-0.2, 0) is 19.5 Å². The zero-order valence-corrected chi connectivity index (χ0v) is 71.7. The number of hydrogen-bond acceptors (Lipinski definition) is 5. The summed E-state index contributed by atoms with van der Waals surface area (Å²) in [7, 11) is 0. The standard InChI is InChI=1S/C104H66F10N9O2.Zn/c1-47-40-50(4)80(51(5)41-47)86-70-32-28-66(117-70)83(67-29-33-71(118-67)87(81-52(6)42-48(2)43-53(81)7)73-37-39-75(122-73)88(74-38-36-72(86)121-74)82-54(8)44-49(3)45-55(82)9)58-20-17-56(18-21-58)16-19-57-22-23-63-85-61(57)14-11-15-62(85)103(124)123(104(63)125)60-13-10-12-59(46-60)84-68-30-34-78(119-68)89(91-93(105)97(109)101(113)98(110)94(91)106)76-26-24-64(115-76)65-25-27-77(116-65)90(79-35-31-69(84)120-79)92-95(107)99(111)102(114)100(112)96(92)108;/h10-15,17-18,20-46H,1-9H3,(H4-,115,116,117,118,119,120,121,122,124,125);/q-1;+2/p-1. The number of carbonyl (C=O) groups is 2. The van der Waals surface area contributed by atoms with E-state index in [2.05, 4.69) is 162 Å². The molecule has 20 rings (SSSR count). The summed E-state index contributed by atoms with van der Waals surface area (Å²) >= 11 is 0. The summed E-state index contributed by atoms with van der Waals surface area (Å²) < 4.78 is 156. The van der Waals surface area contributed by atoms with Gasteiger partial charge in [-0.25, -0.2) is 63.8 Å². The number of nitrogens with one attached hydrogen (secondary N) is 3. The van der Waals surface area contributed by atoms with Crippen molar-refractivity contribution < 1.29 is 73.0 Å². The second-order valence-corrected chi connectivity index (χ2v) is 32.0. The van der Waals surface area contributed by atoms with Crippen LogP contribution in [0.2, 0.25) is 0 Å². The predicted molar refractivity (Wildman–Crippen MR) is 473 cm³/mol. The van der Waals surface area contributed by atoms with E-state index in [9.17, 15) is 8.78 Å². The molecule has 22 heteroatoms. The third kappa shape index (κ3) is 13.0. The van der Waals surface area contributed by atoms with Gasteiger partial charge >= 0.3 is 19.5 Å². The molecular weight excluding hydrogens is 1660 g/mol. The molecule has 3 N–H and O–H groups in total. The Labute approximate surface area is 725 Å². The van der Waals surface area contributed by atoms with Gasteiger partial charge in [0.1, 0.15) is 0 Å². The maximum absolute atomic E-state index is 16.3. The Balaban J connectivity index is 0.0000104. The van der Waals surface area contributed by atoms with E-state index in [-0.39, 0.29) is 91.9 Å². The Kier molecular flexibility index (Phi) is 19.6. The van der Waals surface area contributed by atoms with Crippen molar-refractivity contribution in [1.82, 2.24) is 39.9 Å². The Bertz CT molecular complexity index is 7900. The minimum atomic E-state index is -2.42. The number of rotatable bonds is 8. The van der Waals surface area contributed by atoms with Gasteiger partial charge in [-0.05, 0) is 266 Å². The molecule has 0 atom stereocenters. The van der Waals surface area contributed by atoms with Crippen LogP contribution in [0.4, 0.5) is 49.6 Å². The van der Waals surface area contributed by atoms with Crippen molar-refractivity contribution in [3.8, 4) is 89.7 Å². The van der Waals surface area contributed by atoms with Gasteiger partial charge in [0.2, 0.25) is 11.6 Å². The molecule has 9 aromatic carbocycles. The van der Waals surface area contributed by atoms with Crippen molar-refractivity contribution in [3.05, 3.63) is 341 Å². The van der Waals surface area contributed by atoms with Gasteiger partial charge in [0.05, 0.1) is 62.0 Å². The van der Waals surface area contributed by atoms with Gasteiger partial charge in [-0.15, -0.1) is 22.1 Å². The summed E-state index contributed by atoms with van der Waals surface area (Å²) in [6.07, 6.45) is 10.9. The summed E-state index contributed by atoms with van der Waals surface area (Å²) in [5.41, 5.74) is 19.6. The first kappa shape index (κ1) is 80.9. The van der Waals surface area contributed by atoms with Gasteiger partial charge in [0.25, 0.3) is 11.8 Å². The predicted octanol–water partition coefficient (Wildman–Crippen LogP) is 26.1. The van der Waals surface area contributed by atoms with Crippen molar-refractivity contribution in [2.24, 2.45) is 0 Å². The number of benzene rings is 9. The van der Waals surface area contributed by atoms with Crippen LogP contribution in [0.5, 0.6) is 0 Å². The largest absolute Gasteiger partial charge is 2.00 e. The van der Waals surface area contributed by atoms with Crippen LogP contribution in [0.25, 0.3) is 180 Å².